The number of benzene rings is 1. The van der Waals surface area contributed by atoms with E-state index in [0.717, 1.165) is 11.8 Å². The highest BCUT2D eigenvalue weighted by molar-refractivity contribution is 7.92. The molecule has 0 aliphatic rings. The smallest absolute Gasteiger partial charge is 0.245 e. The molecule has 0 aliphatic carbocycles. The van der Waals surface area contributed by atoms with Crippen LogP contribution in [0.5, 0.6) is 5.88 Å². The van der Waals surface area contributed by atoms with Gasteiger partial charge in [0.2, 0.25) is 21.9 Å². The molecule has 1 aromatic carbocycles. The van der Waals surface area contributed by atoms with Crippen LogP contribution >= 0.6 is 0 Å². The maximum Gasteiger partial charge on any atom is 0.245 e. The Bertz CT molecular complexity index is 1040. The minimum Gasteiger partial charge on any atom is -0.476 e. The fourth-order valence-corrected chi connectivity index (χ4v) is 2.91. The van der Waals surface area contributed by atoms with Crippen molar-refractivity contribution in [2.24, 2.45) is 0 Å². The van der Waals surface area contributed by atoms with E-state index in [1.807, 2.05) is 13.0 Å². The molecule has 130 valence electrons. The van der Waals surface area contributed by atoms with Crippen LogP contribution in [0.1, 0.15) is 6.92 Å². The molecular weight excluding hydrogens is 342 g/mol. The lowest BCUT2D eigenvalue weighted by Gasteiger charge is -2.09. The van der Waals surface area contributed by atoms with E-state index in [0.29, 0.717) is 34.9 Å². The lowest BCUT2D eigenvalue weighted by molar-refractivity contribution is 0.330. The molecule has 3 N–H and O–H groups in total. The summed E-state index contributed by atoms with van der Waals surface area (Å²) in [6, 6.07) is 10.5. The van der Waals surface area contributed by atoms with Gasteiger partial charge in [0.25, 0.3) is 0 Å². The van der Waals surface area contributed by atoms with Crippen molar-refractivity contribution >= 4 is 32.7 Å². The lowest BCUT2D eigenvalue weighted by Crippen LogP contribution is -2.09. The number of nitrogen functional groups attached to an aromatic ring is 1. The summed E-state index contributed by atoms with van der Waals surface area (Å²) in [7, 11) is -3.35. The van der Waals surface area contributed by atoms with Gasteiger partial charge in [-0.3, -0.25) is 4.72 Å². The maximum absolute atomic E-state index is 11.4. The van der Waals surface area contributed by atoms with Crippen molar-refractivity contribution in [1.82, 2.24) is 15.0 Å². The van der Waals surface area contributed by atoms with E-state index in [9.17, 15) is 8.42 Å². The molecule has 8 nitrogen and oxygen atoms in total. The average molecular weight is 359 g/mol. The Hall–Kier alpha value is -2.94. The second-order valence-electron chi connectivity index (χ2n) is 5.34. The van der Waals surface area contributed by atoms with Crippen molar-refractivity contribution in [3.05, 3.63) is 36.4 Å². The van der Waals surface area contributed by atoms with Crippen LogP contribution in [0.15, 0.2) is 36.4 Å². The van der Waals surface area contributed by atoms with Gasteiger partial charge in [-0.2, -0.15) is 4.98 Å². The molecule has 3 rings (SSSR count). The fourth-order valence-electron chi connectivity index (χ4n) is 2.36. The summed E-state index contributed by atoms with van der Waals surface area (Å²) in [6.45, 7) is 2.26. The van der Waals surface area contributed by atoms with Crippen LogP contribution in [-0.4, -0.2) is 36.2 Å². The summed E-state index contributed by atoms with van der Waals surface area (Å²) in [6.07, 6.45) is 1.10. The van der Waals surface area contributed by atoms with Gasteiger partial charge in [-0.1, -0.05) is 12.1 Å². The van der Waals surface area contributed by atoms with Gasteiger partial charge in [0.15, 0.2) is 5.52 Å². The third-order valence-corrected chi connectivity index (χ3v) is 3.88. The van der Waals surface area contributed by atoms with Gasteiger partial charge in [0.1, 0.15) is 0 Å². The van der Waals surface area contributed by atoms with E-state index in [1.54, 1.807) is 30.3 Å². The predicted molar refractivity (Wildman–Crippen MR) is 96.8 cm³/mol. The Morgan fingerprint density at radius 2 is 1.96 bits per heavy atom. The first-order chi connectivity index (χ1) is 11.9. The van der Waals surface area contributed by atoms with E-state index in [4.69, 9.17) is 10.5 Å². The molecule has 3 aromatic rings. The predicted octanol–water partition coefficient (Wildman–Crippen LogP) is 2.04. The number of sulfonamides is 1. The van der Waals surface area contributed by atoms with Crippen molar-refractivity contribution in [3.8, 4) is 17.1 Å². The molecule has 25 heavy (non-hydrogen) atoms. The number of pyridine rings is 1. The van der Waals surface area contributed by atoms with E-state index in [2.05, 4.69) is 19.7 Å². The second kappa shape index (κ2) is 6.52. The lowest BCUT2D eigenvalue weighted by atomic mass is 10.1. The summed E-state index contributed by atoms with van der Waals surface area (Å²) in [5.41, 5.74) is 8.60. The molecule has 2 aromatic heterocycles. The van der Waals surface area contributed by atoms with Gasteiger partial charge in [0, 0.05) is 11.3 Å². The highest BCUT2D eigenvalue weighted by atomic mass is 32.2. The van der Waals surface area contributed by atoms with Crippen LogP contribution in [0, 0.1) is 0 Å². The van der Waals surface area contributed by atoms with Crippen molar-refractivity contribution < 1.29 is 13.2 Å². The zero-order valence-electron chi connectivity index (χ0n) is 13.7. The van der Waals surface area contributed by atoms with E-state index in [1.165, 1.54) is 0 Å². The number of fused-ring (bicyclic) bond motifs is 1. The maximum atomic E-state index is 11.4. The van der Waals surface area contributed by atoms with Crippen LogP contribution in [0.4, 0.5) is 11.6 Å². The molecule has 9 heteroatoms. The SMILES string of the molecule is CCOc1nc(N)nc2ccc(-c3cccc(NS(C)(=O)=O)c3)nc12. The van der Waals surface area contributed by atoms with E-state index >= 15 is 0 Å². The minimum atomic E-state index is -3.35. The quantitative estimate of drug-likeness (QED) is 0.715. The van der Waals surface area contributed by atoms with Gasteiger partial charge >= 0.3 is 0 Å². The third kappa shape index (κ3) is 3.94. The molecule has 0 spiro atoms. The number of nitrogens with one attached hydrogen (secondary N) is 1. The largest absolute Gasteiger partial charge is 0.476 e. The Balaban J connectivity index is 2.09. The van der Waals surface area contributed by atoms with Gasteiger partial charge in [0.05, 0.1) is 24.1 Å². The molecular formula is C16H17N5O3S. The molecule has 0 bridgehead atoms. The Kier molecular flexibility index (Phi) is 4.41. The number of nitrogens with two attached hydrogens (primary N) is 1. The molecule has 0 radical (unpaired) electrons. The Morgan fingerprint density at radius 1 is 1.16 bits per heavy atom. The molecule has 0 unspecified atom stereocenters. The van der Waals surface area contributed by atoms with Crippen LogP contribution in [0.2, 0.25) is 0 Å². The fraction of sp³-hybridized carbons (Fsp3) is 0.188. The first kappa shape index (κ1) is 16.9. The summed E-state index contributed by atoms with van der Waals surface area (Å²) in [5.74, 6) is 0.433. The van der Waals surface area contributed by atoms with Gasteiger partial charge < -0.3 is 10.5 Å². The standard InChI is InChI=1S/C16H17N5O3S/c1-3-24-15-14-13(19-16(17)20-15)8-7-12(18-14)10-5-4-6-11(9-10)21-25(2,22)23/h4-9,21H,3H2,1-2H3,(H2,17,19,20). The molecule has 0 aliphatic heterocycles. The van der Waals surface area contributed by atoms with Crippen molar-refractivity contribution in [3.63, 3.8) is 0 Å². The molecule has 0 saturated carbocycles. The molecule has 0 saturated heterocycles. The highest BCUT2D eigenvalue weighted by Crippen LogP contribution is 2.27. The summed E-state index contributed by atoms with van der Waals surface area (Å²) in [5, 5.41) is 0. The highest BCUT2D eigenvalue weighted by Gasteiger charge is 2.11. The van der Waals surface area contributed by atoms with Gasteiger partial charge in [-0.05, 0) is 31.2 Å². The summed E-state index contributed by atoms with van der Waals surface area (Å²) >= 11 is 0. The topological polar surface area (TPSA) is 120 Å². The number of aromatic nitrogens is 3. The summed E-state index contributed by atoms with van der Waals surface area (Å²) in [4.78, 5) is 12.8. The van der Waals surface area contributed by atoms with E-state index < -0.39 is 10.0 Å². The molecule has 0 atom stereocenters. The van der Waals surface area contributed by atoms with Crippen molar-refractivity contribution in [2.45, 2.75) is 6.92 Å². The number of ether oxygens (including phenoxy) is 1. The number of anilines is 2. The zero-order chi connectivity index (χ0) is 18.0. The van der Waals surface area contributed by atoms with Crippen molar-refractivity contribution in [2.75, 3.05) is 23.3 Å². The first-order valence-electron chi connectivity index (χ1n) is 7.51. The van der Waals surface area contributed by atoms with Crippen LogP contribution in [-0.2, 0) is 10.0 Å². The van der Waals surface area contributed by atoms with Gasteiger partial charge in [-0.25, -0.2) is 18.4 Å². The number of nitrogens with zero attached hydrogens (tertiary/aromatic N) is 3. The monoisotopic (exact) mass is 359 g/mol. The molecule has 0 fully saturated rings. The number of rotatable bonds is 5. The van der Waals surface area contributed by atoms with Crippen LogP contribution in [0.25, 0.3) is 22.3 Å². The minimum absolute atomic E-state index is 0.116. The molecule has 2 heterocycles. The third-order valence-electron chi connectivity index (χ3n) is 3.27. The average Bonchev–Trinajstić information content (AvgIpc) is 2.53. The second-order valence-corrected chi connectivity index (χ2v) is 7.09. The van der Waals surface area contributed by atoms with Gasteiger partial charge in [-0.15, -0.1) is 0 Å². The number of hydrogen-bond acceptors (Lipinski definition) is 7. The Labute approximate surface area is 145 Å². The normalized spacial score (nSPS) is 11.4. The zero-order valence-corrected chi connectivity index (χ0v) is 14.5. The van der Waals surface area contributed by atoms with E-state index in [-0.39, 0.29) is 5.95 Å². The van der Waals surface area contributed by atoms with Crippen molar-refractivity contribution in [1.29, 1.82) is 0 Å². The van der Waals surface area contributed by atoms with Crippen LogP contribution in [0.3, 0.4) is 0 Å². The molecule has 0 amide bonds. The number of hydrogen-bond donors (Lipinski definition) is 2. The first-order valence-corrected chi connectivity index (χ1v) is 9.40. The summed E-state index contributed by atoms with van der Waals surface area (Å²) < 4.78 is 30.7. The Morgan fingerprint density at radius 3 is 2.68 bits per heavy atom. The van der Waals surface area contributed by atoms with Crippen LogP contribution < -0.4 is 15.2 Å².